The summed E-state index contributed by atoms with van der Waals surface area (Å²) in [7, 11) is 0. The molecule has 11 aromatic carbocycles. The average Bonchev–Trinajstić information content (AvgIpc) is 3.72. The van der Waals surface area contributed by atoms with Crippen molar-refractivity contribution in [2.24, 2.45) is 0 Å². The molecule has 2 heteroatoms. The van der Waals surface area contributed by atoms with Crippen molar-refractivity contribution in [1.29, 1.82) is 0 Å². The highest BCUT2D eigenvalue weighted by atomic mass is 15.1. The largest absolute Gasteiger partial charge is 0.310 e. The van der Waals surface area contributed by atoms with Gasteiger partial charge >= 0.3 is 0 Å². The molecule has 310 valence electrons. The highest BCUT2D eigenvalue weighted by molar-refractivity contribution is 6.13. The predicted molar refractivity (Wildman–Crippen MR) is 280 cm³/mol. The lowest BCUT2D eigenvalue weighted by molar-refractivity contribution is 1.18. The van der Waals surface area contributed by atoms with Crippen LogP contribution >= 0.6 is 0 Å². The van der Waals surface area contributed by atoms with Crippen LogP contribution in [0.15, 0.2) is 267 Å². The van der Waals surface area contributed by atoms with Crippen LogP contribution in [-0.2, 0) is 0 Å². The minimum atomic E-state index is 1.07. The number of rotatable bonds is 9. The van der Waals surface area contributed by atoms with Gasteiger partial charge in [-0.1, -0.05) is 194 Å². The lowest BCUT2D eigenvalue weighted by Gasteiger charge is -2.27. The van der Waals surface area contributed by atoms with Gasteiger partial charge in [-0.25, -0.2) is 0 Å². The Kier molecular flexibility index (Phi) is 9.89. The van der Waals surface area contributed by atoms with Crippen molar-refractivity contribution >= 4 is 49.6 Å². The number of benzene rings is 11. The zero-order valence-corrected chi connectivity index (χ0v) is 36.3. The molecule has 0 radical (unpaired) electrons. The first-order valence-corrected chi connectivity index (χ1v) is 22.7. The van der Waals surface area contributed by atoms with Gasteiger partial charge < -0.3 is 9.47 Å². The van der Waals surface area contributed by atoms with Crippen LogP contribution in [0.3, 0.4) is 0 Å². The molecule has 0 spiro atoms. The number of anilines is 3. The fraction of sp³-hybridized carbons (Fsp3) is 0. The molecule has 1 heterocycles. The highest BCUT2D eigenvalue weighted by Gasteiger charge is 2.19. The van der Waals surface area contributed by atoms with Crippen molar-refractivity contribution in [2.45, 2.75) is 0 Å². The molecular weight excluding hydrogens is 797 g/mol. The predicted octanol–water partition coefficient (Wildman–Crippen LogP) is 17.7. The normalized spacial score (nSPS) is 11.3. The van der Waals surface area contributed by atoms with Gasteiger partial charge in [0.1, 0.15) is 0 Å². The van der Waals surface area contributed by atoms with E-state index in [9.17, 15) is 0 Å². The van der Waals surface area contributed by atoms with Gasteiger partial charge in [0.2, 0.25) is 0 Å². The van der Waals surface area contributed by atoms with Crippen LogP contribution in [0, 0.1) is 0 Å². The maximum Gasteiger partial charge on any atom is 0.0547 e. The van der Waals surface area contributed by atoms with Crippen molar-refractivity contribution in [3.63, 3.8) is 0 Å². The van der Waals surface area contributed by atoms with Gasteiger partial charge in [0.15, 0.2) is 0 Å². The summed E-state index contributed by atoms with van der Waals surface area (Å²) in [6.45, 7) is 0. The summed E-state index contributed by atoms with van der Waals surface area (Å²) in [6, 6.07) is 97.0. The summed E-state index contributed by atoms with van der Waals surface area (Å²) in [5.41, 5.74) is 18.5. The van der Waals surface area contributed by atoms with E-state index in [2.05, 4.69) is 276 Å². The summed E-state index contributed by atoms with van der Waals surface area (Å²) in [5, 5.41) is 4.99. The molecule has 1 aromatic heterocycles. The first-order valence-electron chi connectivity index (χ1n) is 22.7. The molecule has 0 unspecified atom stereocenters. The van der Waals surface area contributed by atoms with Crippen molar-refractivity contribution in [3.8, 4) is 61.3 Å². The van der Waals surface area contributed by atoms with E-state index in [0.29, 0.717) is 0 Å². The number of fused-ring (bicyclic) bond motifs is 4. The highest BCUT2D eigenvalue weighted by Crippen LogP contribution is 2.42. The summed E-state index contributed by atoms with van der Waals surface area (Å²) in [4.78, 5) is 2.41. The van der Waals surface area contributed by atoms with Gasteiger partial charge in [0.05, 0.1) is 11.0 Å². The van der Waals surface area contributed by atoms with Crippen LogP contribution in [0.25, 0.3) is 93.9 Å². The molecule has 0 aliphatic carbocycles. The average molecular weight is 841 g/mol. The van der Waals surface area contributed by atoms with E-state index in [0.717, 1.165) is 39.4 Å². The van der Waals surface area contributed by atoms with Crippen molar-refractivity contribution < 1.29 is 0 Å². The molecule has 0 saturated heterocycles. The summed E-state index contributed by atoms with van der Waals surface area (Å²) in [5.74, 6) is 0. The van der Waals surface area contributed by atoms with Crippen LogP contribution in [0.4, 0.5) is 17.1 Å². The second-order valence-corrected chi connectivity index (χ2v) is 17.0. The minimum Gasteiger partial charge on any atom is -0.310 e. The molecule has 0 N–H and O–H groups in total. The summed E-state index contributed by atoms with van der Waals surface area (Å²) < 4.78 is 2.43. The van der Waals surface area contributed by atoms with E-state index in [-0.39, 0.29) is 0 Å². The van der Waals surface area contributed by atoms with Crippen molar-refractivity contribution in [3.05, 3.63) is 267 Å². The lowest BCUT2D eigenvalue weighted by Crippen LogP contribution is -2.10. The fourth-order valence-corrected chi connectivity index (χ4v) is 9.65. The fourth-order valence-electron chi connectivity index (χ4n) is 9.65. The van der Waals surface area contributed by atoms with Crippen LogP contribution < -0.4 is 4.90 Å². The summed E-state index contributed by atoms with van der Waals surface area (Å²) >= 11 is 0. The molecule has 2 nitrogen and oxygen atoms in total. The Labute approximate surface area is 385 Å². The first-order chi connectivity index (χ1) is 32.7. The Morgan fingerprint density at radius 1 is 0.227 bits per heavy atom. The smallest absolute Gasteiger partial charge is 0.0547 e. The molecule has 0 atom stereocenters. The van der Waals surface area contributed by atoms with E-state index >= 15 is 0 Å². The number of hydrogen-bond acceptors (Lipinski definition) is 1. The van der Waals surface area contributed by atoms with Crippen LogP contribution in [0.1, 0.15) is 0 Å². The molecule has 0 fully saturated rings. The van der Waals surface area contributed by atoms with Gasteiger partial charge in [-0.2, -0.15) is 0 Å². The van der Waals surface area contributed by atoms with E-state index in [1.807, 2.05) is 0 Å². The molecule has 0 saturated carbocycles. The second-order valence-electron chi connectivity index (χ2n) is 17.0. The third-order valence-corrected chi connectivity index (χ3v) is 12.9. The minimum absolute atomic E-state index is 1.07. The second kappa shape index (κ2) is 16.8. The molecular formula is C64H44N2. The quantitative estimate of drug-likeness (QED) is 0.141. The molecule has 0 bridgehead atoms. The number of hydrogen-bond donors (Lipinski definition) is 0. The molecule has 66 heavy (non-hydrogen) atoms. The van der Waals surface area contributed by atoms with Gasteiger partial charge in [-0.15, -0.1) is 0 Å². The molecule has 12 aromatic rings. The van der Waals surface area contributed by atoms with Crippen LogP contribution in [0.2, 0.25) is 0 Å². The van der Waals surface area contributed by atoms with E-state index in [1.54, 1.807) is 0 Å². The number of aromatic nitrogens is 1. The number of para-hydroxylation sites is 1. The zero-order valence-electron chi connectivity index (χ0n) is 36.3. The van der Waals surface area contributed by atoms with Gasteiger partial charge in [0.25, 0.3) is 0 Å². The van der Waals surface area contributed by atoms with E-state index in [4.69, 9.17) is 0 Å². The Morgan fingerprint density at radius 2 is 0.682 bits per heavy atom. The van der Waals surface area contributed by atoms with E-state index < -0.39 is 0 Å². The lowest BCUT2D eigenvalue weighted by atomic mass is 9.96. The summed E-state index contributed by atoms with van der Waals surface area (Å²) in [6.07, 6.45) is 0. The van der Waals surface area contributed by atoms with Crippen molar-refractivity contribution in [1.82, 2.24) is 4.57 Å². The Hall–Kier alpha value is -8.72. The van der Waals surface area contributed by atoms with Crippen LogP contribution in [-0.4, -0.2) is 4.57 Å². The first kappa shape index (κ1) is 38.9. The Morgan fingerprint density at radius 3 is 1.33 bits per heavy atom. The Balaban J connectivity index is 1.01. The Bertz CT molecular complexity index is 3660. The monoisotopic (exact) mass is 840 g/mol. The maximum atomic E-state index is 2.43. The third-order valence-electron chi connectivity index (χ3n) is 12.9. The van der Waals surface area contributed by atoms with Crippen molar-refractivity contribution in [2.75, 3.05) is 4.90 Å². The maximum absolute atomic E-state index is 2.43. The SMILES string of the molecule is c1ccc(-c2ccc(-c3ccc(N(c4cccc(-c5ccccc5)c4)c4cc(-c5ccccc5)cc(-c5cccc(-n6c7ccccc7c7cc8ccccc8cc76)c5)c4)cc3)cc2)cc1. The molecule has 12 rings (SSSR count). The van der Waals surface area contributed by atoms with Crippen LogP contribution in [0.5, 0.6) is 0 Å². The van der Waals surface area contributed by atoms with Gasteiger partial charge in [0, 0.05) is 33.5 Å². The molecule has 0 aliphatic heterocycles. The standard InChI is InChI=1S/C64H44N2/c1-4-16-45(17-5-1)48-30-32-49(33-31-48)50-34-36-57(37-35-50)65(58-26-14-24-51(39-58)46-18-6-2-7-19-46)60-41-55(47-20-8-3-9-21-47)38-56(42-60)52-25-15-27-59(40-52)66-63-29-13-12-28-61(63)62-43-53-22-10-11-23-54(53)44-64(62)66/h1-44H. The zero-order chi connectivity index (χ0) is 43.8. The molecule has 0 amide bonds. The van der Waals surface area contributed by atoms with Gasteiger partial charge in [-0.3, -0.25) is 0 Å². The van der Waals surface area contributed by atoms with Gasteiger partial charge in [-0.05, 0) is 139 Å². The molecule has 0 aliphatic rings. The number of nitrogens with zero attached hydrogens (tertiary/aromatic N) is 2. The topological polar surface area (TPSA) is 8.17 Å². The third kappa shape index (κ3) is 7.31. The van der Waals surface area contributed by atoms with E-state index in [1.165, 1.54) is 71.5 Å².